The third-order valence-electron chi connectivity index (χ3n) is 4.81. The van der Waals surface area contributed by atoms with Gasteiger partial charge in [0.05, 0.1) is 25.1 Å². The number of aromatic nitrogens is 2. The molecule has 9 heteroatoms. The summed E-state index contributed by atoms with van der Waals surface area (Å²) >= 11 is 1.36. The highest BCUT2D eigenvalue weighted by Crippen LogP contribution is 2.34. The summed E-state index contributed by atoms with van der Waals surface area (Å²) in [5, 5.41) is 4.32. The van der Waals surface area contributed by atoms with Crippen LogP contribution in [0.4, 0.5) is 5.82 Å². The third kappa shape index (κ3) is 5.87. The highest BCUT2D eigenvalue weighted by Gasteiger charge is 2.21. The number of anilines is 1. The van der Waals surface area contributed by atoms with Gasteiger partial charge in [-0.25, -0.2) is 14.8 Å². The third-order valence-corrected chi connectivity index (χ3v) is 5.98. The van der Waals surface area contributed by atoms with E-state index in [-0.39, 0.29) is 12.3 Å². The van der Waals surface area contributed by atoms with E-state index in [1.807, 2.05) is 32.8 Å². The van der Waals surface area contributed by atoms with Gasteiger partial charge in [-0.05, 0) is 59.2 Å². The van der Waals surface area contributed by atoms with Crippen molar-refractivity contribution >= 4 is 33.3 Å². The van der Waals surface area contributed by atoms with Gasteiger partial charge in [0.15, 0.2) is 6.29 Å². The summed E-state index contributed by atoms with van der Waals surface area (Å²) in [6.45, 7) is 6.84. The van der Waals surface area contributed by atoms with E-state index < -0.39 is 0 Å². The van der Waals surface area contributed by atoms with Crippen molar-refractivity contribution in [1.29, 1.82) is 0 Å². The molecule has 1 aliphatic rings. The van der Waals surface area contributed by atoms with Crippen LogP contribution in [0.25, 0.3) is 10.2 Å². The van der Waals surface area contributed by atoms with Crippen LogP contribution in [-0.4, -0.2) is 67.6 Å². The van der Waals surface area contributed by atoms with E-state index in [0.29, 0.717) is 31.2 Å². The highest BCUT2D eigenvalue weighted by molar-refractivity contribution is 7.20. The average Bonchev–Trinajstić information content (AvgIpc) is 3.05. The number of rotatable bonds is 10. The maximum Gasteiger partial charge on any atom is 0.348 e. The Balaban J connectivity index is 1.72. The number of carbonyl (C=O) groups is 1. The van der Waals surface area contributed by atoms with Crippen LogP contribution in [0.2, 0.25) is 0 Å². The second-order valence-electron chi connectivity index (χ2n) is 7.63. The average molecular weight is 437 g/mol. The van der Waals surface area contributed by atoms with Crippen LogP contribution in [-0.2, 0) is 20.8 Å². The summed E-state index contributed by atoms with van der Waals surface area (Å²) in [4.78, 5) is 25.2. The van der Waals surface area contributed by atoms with Crippen LogP contribution >= 0.6 is 11.3 Å². The largest absolute Gasteiger partial charge is 0.462 e. The quantitative estimate of drug-likeness (QED) is 0.447. The number of thiophene rings is 1. The molecule has 0 aliphatic carbocycles. The SMILES string of the molecule is CCOC(=O)c1sc2nc(CN(C)C)nc(NCCCOC3CCCCO3)c2c1C. The van der Waals surface area contributed by atoms with E-state index in [0.717, 1.165) is 59.7 Å². The first kappa shape index (κ1) is 22.9. The number of nitrogens with zero attached hydrogens (tertiary/aromatic N) is 3. The van der Waals surface area contributed by atoms with Gasteiger partial charge in [-0.15, -0.1) is 11.3 Å². The molecule has 3 heterocycles. The van der Waals surface area contributed by atoms with E-state index in [1.54, 1.807) is 0 Å². The molecule has 1 aliphatic heterocycles. The van der Waals surface area contributed by atoms with Gasteiger partial charge in [0.1, 0.15) is 21.3 Å². The lowest BCUT2D eigenvalue weighted by molar-refractivity contribution is -0.162. The molecule has 2 aromatic rings. The fraction of sp³-hybridized carbons (Fsp3) is 0.667. The molecule has 2 aromatic heterocycles. The van der Waals surface area contributed by atoms with Crippen molar-refractivity contribution in [1.82, 2.24) is 14.9 Å². The zero-order chi connectivity index (χ0) is 21.5. The lowest BCUT2D eigenvalue weighted by Gasteiger charge is -2.22. The molecule has 1 saturated heterocycles. The fourth-order valence-corrected chi connectivity index (χ4v) is 4.49. The Labute approximate surface area is 181 Å². The van der Waals surface area contributed by atoms with Crippen molar-refractivity contribution in [3.63, 3.8) is 0 Å². The summed E-state index contributed by atoms with van der Waals surface area (Å²) in [6.07, 6.45) is 4.02. The van der Waals surface area contributed by atoms with Gasteiger partial charge in [0, 0.05) is 13.2 Å². The number of hydrogen-bond donors (Lipinski definition) is 1. The minimum absolute atomic E-state index is 0.0672. The summed E-state index contributed by atoms with van der Waals surface area (Å²) in [5.41, 5.74) is 0.860. The number of ether oxygens (including phenoxy) is 3. The zero-order valence-corrected chi connectivity index (χ0v) is 19.1. The first-order valence-electron chi connectivity index (χ1n) is 10.6. The number of esters is 1. The highest BCUT2D eigenvalue weighted by atomic mass is 32.1. The number of carbonyl (C=O) groups excluding carboxylic acids is 1. The zero-order valence-electron chi connectivity index (χ0n) is 18.3. The molecule has 0 aromatic carbocycles. The predicted molar refractivity (Wildman–Crippen MR) is 118 cm³/mol. The molecule has 0 radical (unpaired) electrons. The topological polar surface area (TPSA) is 85.8 Å². The van der Waals surface area contributed by atoms with Gasteiger partial charge in [-0.3, -0.25) is 0 Å². The molecule has 166 valence electrons. The Kier molecular flexibility index (Phi) is 8.38. The van der Waals surface area contributed by atoms with Crippen molar-refractivity contribution in [2.45, 2.75) is 52.4 Å². The van der Waals surface area contributed by atoms with Gasteiger partial charge >= 0.3 is 5.97 Å². The molecule has 30 heavy (non-hydrogen) atoms. The smallest absolute Gasteiger partial charge is 0.348 e. The number of aryl methyl sites for hydroxylation is 1. The number of nitrogens with one attached hydrogen (secondary N) is 1. The second kappa shape index (κ2) is 11.0. The van der Waals surface area contributed by atoms with Gasteiger partial charge in [0.2, 0.25) is 0 Å². The minimum atomic E-state index is -0.306. The van der Waals surface area contributed by atoms with E-state index in [9.17, 15) is 4.79 Å². The molecular weight excluding hydrogens is 404 g/mol. The van der Waals surface area contributed by atoms with Crippen LogP contribution in [0.1, 0.15) is 53.7 Å². The van der Waals surface area contributed by atoms with Gasteiger partial charge < -0.3 is 24.4 Å². The Bertz CT molecular complexity index is 849. The van der Waals surface area contributed by atoms with Gasteiger partial charge in [0.25, 0.3) is 0 Å². The molecule has 0 spiro atoms. The van der Waals surface area contributed by atoms with Crippen molar-refractivity contribution < 1.29 is 19.0 Å². The molecular formula is C21H32N4O4S. The maximum absolute atomic E-state index is 12.3. The Hall–Kier alpha value is -1.81. The molecule has 1 atom stereocenters. The predicted octanol–water partition coefficient (Wildman–Crippen LogP) is 3.58. The second-order valence-corrected chi connectivity index (χ2v) is 8.63. The molecule has 0 bridgehead atoms. The molecule has 1 N–H and O–H groups in total. The fourth-order valence-electron chi connectivity index (χ4n) is 3.39. The summed E-state index contributed by atoms with van der Waals surface area (Å²) in [6, 6.07) is 0. The lowest BCUT2D eigenvalue weighted by Crippen LogP contribution is -2.23. The van der Waals surface area contributed by atoms with Crippen molar-refractivity contribution in [2.75, 3.05) is 45.8 Å². The molecule has 1 fully saturated rings. The Morgan fingerprint density at radius 1 is 1.33 bits per heavy atom. The molecule has 0 saturated carbocycles. The first-order chi connectivity index (χ1) is 14.5. The molecule has 3 rings (SSSR count). The monoisotopic (exact) mass is 436 g/mol. The van der Waals surface area contributed by atoms with Crippen molar-refractivity contribution in [3.05, 3.63) is 16.3 Å². The van der Waals surface area contributed by atoms with Crippen LogP contribution in [0, 0.1) is 6.92 Å². The standard InChI is InChI=1S/C21H32N4O4S/c1-5-27-21(26)18-14(2)17-19(23-15(13-25(3)4)24-20(17)30-18)22-10-8-12-29-16-9-6-7-11-28-16/h16H,5-13H2,1-4H3,(H,22,23,24). The Morgan fingerprint density at radius 2 is 2.17 bits per heavy atom. The first-order valence-corrected chi connectivity index (χ1v) is 11.4. The molecule has 1 unspecified atom stereocenters. The Morgan fingerprint density at radius 3 is 2.87 bits per heavy atom. The van der Waals surface area contributed by atoms with Crippen LogP contribution in [0.15, 0.2) is 0 Å². The molecule has 0 amide bonds. The lowest BCUT2D eigenvalue weighted by atomic mass is 10.2. The normalized spacial score (nSPS) is 16.9. The summed E-state index contributed by atoms with van der Waals surface area (Å²) in [5.74, 6) is 1.17. The van der Waals surface area contributed by atoms with Crippen LogP contribution < -0.4 is 5.32 Å². The van der Waals surface area contributed by atoms with E-state index >= 15 is 0 Å². The summed E-state index contributed by atoms with van der Waals surface area (Å²) < 4.78 is 16.6. The van der Waals surface area contributed by atoms with Crippen molar-refractivity contribution in [3.8, 4) is 0 Å². The van der Waals surface area contributed by atoms with Crippen LogP contribution in [0.5, 0.6) is 0 Å². The van der Waals surface area contributed by atoms with Crippen LogP contribution in [0.3, 0.4) is 0 Å². The van der Waals surface area contributed by atoms with Gasteiger partial charge in [-0.1, -0.05) is 0 Å². The van der Waals surface area contributed by atoms with E-state index in [4.69, 9.17) is 19.2 Å². The number of fused-ring (bicyclic) bond motifs is 1. The van der Waals surface area contributed by atoms with Crippen molar-refractivity contribution in [2.24, 2.45) is 0 Å². The van der Waals surface area contributed by atoms with E-state index in [1.165, 1.54) is 11.3 Å². The minimum Gasteiger partial charge on any atom is -0.462 e. The summed E-state index contributed by atoms with van der Waals surface area (Å²) in [7, 11) is 3.96. The van der Waals surface area contributed by atoms with Gasteiger partial charge in [-0.2, -0.15) is 0 Å². The van der Waals surface area contributed by atoms with E-state index in [2.05, 4.69) is 10.3 Å². The maximum atomic E-state index is 12.3. The molecule has 8 nitrogen and oxygen atoms in total. The number of hydrogen-bond acceptors (Lipinski definition) is 9.